The van der Waals surface area contributed by atoms with Crippen LogP contribution in [-0.4, -0.2) is 43.1 Å². The van der Waals surface area contributed by atoms with Crippen molar-refractivity contribution in [2.75, 3.05) is 20.1 Å². The van der Waals surface area contributed by atoms with Crippen molar-refractivity contribution in [1.82, 2.24) is 10.2 Å². The maximum atomic E-state index is 12.4. The Morgan fingerprint density at radius 2 is 2.09 bits per heavy atom. The fraction of sp³-hybridized carbons (Fsp3) is 0.562. The number of halogens is 2. The molecule has 1 aliphatic heterocycles. The molecule has 6 heteroatoms. The summed E-state index contributed by atoms with van der Waals surface area (Å²) in [6, 6.07) is 5.22. The van der Waals surface area contributed by atoms with Gasteiger partial charge in [0, 0.05) is 11.1 Å². The Kier molecular flexibility index (Phi) is 6.36. The summed E-state index contributed by atoms with van der Waals surface area (Å²) in [5.74, 6) is 0.402. The first kappa shape index (κ1) is 17.4. The standard InChI is InChI=1S/C16H22Cl2N2O2/c1-3-14(22-15-5-4-11(17)10-13(15)18)16(21)19-12-6-8-20(2)9-7-12/h4-5,10,12,14H,3,6-9H2,1-2H3,(H,19,21)/t14-/m1/s1. The minimum absolute atomic E-state index is 0.0805. The number of nitrogens with zero attached hydrogens (tertiary/aromatic N) is 1. The molecular formula is C16H22Cl2N2O2. The number of carbonyl (C=O) groups is 1. The molecular weight excluding hydrogens is 323 g/mol. The van der Waals surface area contributed by atoms with Crippen LogP contribution in [0, 0.1) is 0 Å². The average molecular weight is 345 g/mol. The summed E-state index contributed by atoms with van der Waals surface area (Å²) in [5.41, 5.74) is 0. The van der Waals surface area contributed by atoms with E-state index in [1.165, 1.54) is 0 Å². The van der Waals surface area contributed by atoms with E-state index in [4.69, 9.17) is 27.9 Å². The van der Waals surface area contributed by atoms with E-state index in [1.54, 1.807) is 18.2 Å². The molecule has 22 heavy (non-hydrogen) atoms. The highest BCUT2D eigenvalue weighted by molar-refractivity contribution is 6.35. The molecule has 0 bridgehead atoms. The third-order valence-electron chi connectivity index (χ3n) is 3.89. The lowest BCUT2D eigenvalue weighted by atomic mass is 10.1. The first-order valence-corrected chi connectivity index (χ1v) is 8.35. The third kappa shape index (κ3) is 4.77. The number of carbonyl (C=O) groups excluding carboxylic acids is 1. The van der Waals surface area contributed by atoms with Crippen molar-refractivity contribution in [2.24, 2.45) is 0 Å². The van der Waals surface area contributed by atoms with E-state index in [2.05, 4.69) is 17.3 Å². The maximum Gasteiger partial charge on any atom is 0.261 e. The molecule has 1 N–H and O–H groups in total. The normalized spacial score (nSPS) is 18.0. The summed E-state index contributed by atoms with van der Waals surface area (Å²) >= 11 is 12.0. The third-order valence-corrected chi connectivity index (χ3v) is 4.42. The van der Waals surface area contributed by atoms with Gasteiger partial charge in [0.2, 0.25) is 0 Å². The molecule has 0 aliphatic carbocycles. The number of hydrogen-bond acceptors (Lipinski definition) is 3. The van der Waals surface area contributed by atoms with E-state index >= 15 is 0 Å². The van der Waals surface area contributed by atoms with E-state index in [-0.39, 0.29) is 11.9 Å². The zero-order valence-electron chi connectivity index (χ0n) is 12.9. The van der Waals surface area contributed by atoms with Crippen molar-refractivity contribution >= 4 is 29.1 Å². The second kappa shape index (κ2) is 8.04. The van der Waals surface area contributed by atoms with Gasteiger partial charge in [-0.1, -0.05) is 30.1 Å². The van der Waals surface area contributed by atoms with Crippen LogP contribution in [0.4, 0.5) is 0 Å². The van der Waals surface area contributed by atoms with Gasteiger partial charge in [0.05, 0.1) is 5.02 Å². The van der Waals surface area contributed by atoms with E-state index in [0.29, 0.717) is 22.2 Å². The lowest BCUT2D eigenvalue weighted by molar-refractivity contribution is -0.129. The van der Waals surface area contributed by atoms with Gasteiger partial charge >= 0.3 is 0 Å². The molecule has 0 saturated carbocycles. The van der Waals surface area contributed by atoms with Crippen LogP contribution in [0.1, 0.15) is 26.2 Å². The molecule has 1 aromatic rings. The molecule has 1 saturated heterocycles. The predicted octanol–water partition coefficient (Wildman–Crippen LogP) is 3.36. The van der Waals surface area contributed by atoms with Crippen LogP contribution in [0.3, 0.4) is 0 Å². The molecule has 1 amide bonds. The minimum Gasteiger partial charge on any atom is -0.479 e. The molecule has 122 valence electrons. The number of rotatable bonds is 5. The van der Waals surface area contributed by atoms with Gasteiger partial charge in [-0.2, -0.15) is 0 Å². The highest BCUT2D eigenvalue weighted by atomic mass is 35.5. The first-order valence-electron chi connectivity index (χ1n) is 7.60. The van der Waals surface area contributed by atoms with Crippen LogP contribution in [0.2, 0.25) is 10.0 Å². The van der Waals surface area contributed by atoms with Crippen LogP contribution >= 0.6 is 23.2 Å². The molecule has 0 unspecified atom stereocenters. The summed E-state index contributed by atoms with van der Waals surface area (Å²) in [5, 5.41) is 4.04. The van der Waals surface area contributed by atoms with Crippen LogP contribution in [-0.2, 0) is 4.79 Å². The Bertz CT molecular complexity index is 517. The fourth-order valence-corrected chi connectivity index (χ4v) is 2.95. The largest absolute Gasteiger partial charge is 0.479 e. The Morgan fingerprint density at radius 3 is 2.68 bits per heavy atom. The highest BCUT2D eigenvalue weighted by Crippen LogP contribution is 2.28. The van der Waals surface area contributed by atoms with Crippen molar-refractivity contribution in [3.8, 4) is 5.75 Å². The fourth-order valence-electron chi connectivity index (χ4n) is 2.49. The van der Waals surface area contributed by atoms with Gasteiger partial charge in [-0.15, -0.1) is 0 Å². The molecule has 4 nitrogen and oxygen atoms in total. The summed E-state index contributed by atoms with van der Waals surface area (Å²) in [6.07, 6.45) is 1.98. The minimum atomic E-state index is -0.543. The lowest BCUT2D eigenvalue weighted by Crippen LogP contribution is -2.47. The molecule has 0 spiro atoms. The monoisotopic (exact) mass is 344 g/mol. The summed E-state index contributed by atoms with van der Waals surface area (Å²) in [6.45, 7) is 3.93. The molecule has 1 fully saturated rings. The molecule has 0 radical (unpaired) electrons. The number of hydrogen-bond donors (Lipinski definition) is 1. The van der Waals surface area contributed by atoms with Gasteiger partial charge in [-0.25, -0.2) is 0 Å². The van der Waals surface area contributed by atoms with Crippen molar-refractivity contribution in [3.05, 3.63) is 28.2 Å². The van der Waals surface area contributed by atoms with Crippen molar-refractivity contribution in [3.63, 3.8) is 0 Å². The zero-order chi connectivity index (χ0) is 16.1. The zero-order valence-corrected chi connectivity index (χ0v) is 14.5. The number of piperidine rings is 1. The van der Waals surface area contributed by atoms with Crippen LogP contribution in [0.25, 0.3) is 0 Å². The average Bonchev–Trinajstić information content (AvgIpc) is 2.49. The number of likely N-dealkylation sites (tertiary alicyclic amines) is 1. The second-order valence-electron chi connectivity index (χ2n) is 5.68. The quantitative estimate of drug-likeness (QED) is 0.890. The van der Waals surface area contributed by atoms with Gasteiger partial charge in [-0.3, -0.25) is 4.79 Å². The van der Waals surface area contributed by atoms with E-state index in [9.17, 15) is 4.79 Å². The topological polar surface area (TPSA) is 41.6 Å². The van der Waals surface area contributed by atoms with E-state index < -0.39 is 6.10 Å². The Morgan fingerprint density at radius 1 is 1.41 bits per heavy atom. The van der Waals surface area contributed by atoms with Gasteiger partial charge in [0.1, 0.15) is 5.75 Å². The summed E-state index contributed by atoms with van der Waals surface area (Å²) in [7, 11) is 2.10. The molecule has 2 rings (SSSR count). The molecule has 1 aliphatic rings. The van der Waals surface area contributed by atoms with Crippen molar-refractivity contribution in [2.45, 2.75) is 38.3 Å². The van der Waals surface area contributed by atoms with Crippen molar-refractivity contribution in [1.29, 1.82) is 0 Å². The van der Waals surface area contributed by atoms with Crippen molar-refractivity contribution < 1.29 is 9.53 Å². The van der Waals surface area contributed by atoms with Crippen LogP contribution in [0.15, 0.2) is 18.2 Å². The van der Waals surface area contributed by atoms with E-state index in [0.717, 1.165) is 25.9 Å². The smallest absolute Gasteiger partial charge is 0.261 e. The Balaban J connectivity index is 1.94. The number of benzene rings is 1. The lowest BCUT2D eigenvalue weighted by Gasteiger charge is -2.30. The molecule has 1 aromatic carbocycles. The summed E-state index contributed by atoms with van der Waals surface area (Å²) < 4.78 is 5.76. The Labute approximate surface area is 141 Å². The maximum absolute atomic E-state index is 12.4. The molecule has 0 aromatic heterocycles. The van der Waals surface area contributed by atoms with Gasteiger partial charge in [0.25, 0.3) is 5.91 Å². The number of nitrogens with one attached hydrogen (secondary N) is 1. The number of ether oxygens (including phenoxy) is 1. The second-order valence-corrected chi connectivity index (χ2v) is 6.52. The molecule has 1 heterocycles. The molecule has 1 atom stereocenters. The van der Waals surface area contributed by atoms with Gasteiger partial charge in [0.15, 0.2) is 6.10 Å². The summed E-state index contributed by atoms with van der Waals surface area (Å²) in [4.78, 5) is 14.7. The van der Waals surface area contributed by atoms with E-state index in [1.807, 2.05) is 6.92 Å². The first-order chi connectivity index (χ1) is 10.5. The van der Waals surface area contributed by atoms with Gasteiger partial charge in [-0.05, 0) is 57.6 Å². The predicted molar refractivity (Wildman–Crippen MR) is 89.8 cm³/mol. The SMILES string of the molecule is CC[C@@H](Oc1ccc(Cl)cc1Cl)C(=O)NC1CCN(C)CC1. The number of amides is 1. The van der Waals surface area contributed by atoms with Crippen LogP contribution in [0.5, 0.6) is 5.75 Å². The highest BCUT2D eigenvalue weighted by Gasteiger charge is 2.24. The van der Waals surface area contributed by atoms with Crippen LogP contribution < -0.4 is 10.1 Å². The van der Waals surface area contributed by atoms with Gasteiger partial charge < -0.3 is 15.0 Å². The Hall–Kier alpha value is -0.970.